The lowest BCUT2D eigenvalue weighted by molar-refractivity contribution is -0.118. The van der Waals surface area contributed by atoms with Crippen molar-refractivity contribution < 1.29 is 13.9 Å². The van der Waals surface area contributed by atoms with Gasteiger partial charge in [0.2, 0.25) is 5.91 Å². The smallest absolute Gasteiger partial charge is 0.217 e. The number of carbonyl (C=O) groups is 1. The minimum atomic E-state index is -0.340. The van der Waals surface area contributed by atoms with Crippen molar-refractivity contribution in [3.8, 4) is 0 Å². The van der Waals surface area contributed by atoms with E-state index in [0.717, 1.165) is 41.9 Å². The number of carbonyl (C=O) groups excluding carboxylic acids is 1. The molecule has 1 fully saturated rings. The van der Waals surface area contributed by atoms with Gasteiger partial charge in [0.1, 0.15) is 11.6 Å². The van der Waals surface area contributed by atoms with Crippen LogP contribution in [0.1, 0.15) is 37.3 Å². The molecule has 2 aromatic rings. The Bertz CT molecular complexity index is 650. The Hall–Kier alpha value is -1.80. The summed E-state index contributed by atoms with van der Waals surface area (Å²) in [6, 6.07) is 3.77. The van der Waals surface area contributed by atoms with Crippen LogP contribution in [0.4, 0.5) is 0 Å². The molecule has 1 atom stereocenters. The largest absolute Gasteiger partial charge is 0.467 e. The van der Waals surface area contributed by atoms with E-state index in [9.17, 15) is 4.79 Å². The van der Waals surface area contributed by atoms with Crippen molar-refractivity contribution in [2.24, 2.45) is 5.73 Å². The maximum atomic E-state index is 11.1. The highest BCUT2D eigenvalue weighted by atomic mass is 32.2. The van der Waals surface area contributed by atoms with Crippen LogP contribution in [0, 0.1) is 0 Å². The Kier molecular flexibility index (Phi) is 5.92. The number of amides is 1. The fourth-order valence-corrected chi connectivity index (χ4v) is 3.69. The summed E-state index contributed by atoms with van der Waals surface area (Å²) >= 11 is 1.64. The lowest BCUT2D eigenvalue weighted by Crippen LogP contribution is -2.21. The zero-order valence-electron chi connectivity index (χ0n) is 13.5. The van der Waals surface area contributed by atoms with Crippen LogP contribution in [-0.4, -0.2) is 39.1 Å². The minimum Gasteiger partial charge on any atom is -0.467 e. The summed E-state index contributed by atoms with van der Waals surface area (Å²) in [5.74, 6) is 2.09. The van der Waals surface area contributed by atoms with Gasteiger partial charge in [-0.3, -0.25) is 9.36 Å². The van der Waals surface area contributed by atoms with Gasteiger partial charge < -0.3 is 14.9 Å². The predicted molar refractivity (Wildman–Crippen MR) is 89.7 cm³/mol. The number of primary amides is 1. The van der Waals surface area contributed by atoms with Crippen LogP contribution in [0.5, 0.6) is 0 Å². The molecule has 1 amide bonds. The van der Waals surface area contributed by atoms with Gasteiger partial charge in [-0.05, 0) is 31.4 Å². The zero-order chi connectivity index (χ0) is 16.8. The van der Waals surface area contributed by atoms with E-state index in [1.54, 1.807) is 18.0 Å². The van der Waals surface area contributed by atoms with Crippen LogP contribution in [0.3, 0.4) is 0 Å². The second kappa shape index (κ2) is 8.34. The molecule has 2 N–H and O–H groups in total. The molecule has 0 bridgehead atoms. The zero-order valence-corrected chi connectivity index (χ0v) is 14.3. The average Bonchev–Trinajstić information content (AvgIpc) is 3.23. The molecule has 24 heavy (non-hydrogen) atoms. The summed E-state index contributed by atoms with van der Waals surface area (Å²) in [4.78, 5) is 11.1. The monoisotopic (exact) mass is 350 g/mol. The molecule has 0 aliphatic carbocycles. The number of nitrogens with zero attached hydrogens (tertiary/aromatic N) is 3. The molecule has 3 rings (SSSR count). The van der Waals surface area contributed by atoms with Crippen molar-refractivity contribution in [1.29, 1.82) is 0 Å². The van der Waals surface area contributed by atoms with E-state index in [-0.39, 0.29) is 18.4 Å². The number of nitrogens with two attached hydrogens (primary N) is 1. The van der Waals surface area contributed by atoms with Gasteiger partial charge >= 0.3 is 0 Å². The summed E-state index contributed by atoms with van der Waals surface area (Å²) in [7, 11) is 0. The van der Waals surface area contributed by atoms with Crippen molar-refractivity contribution in [2.75, 3.05) is 12.4 Å². The first-order valence-electron chi connectivity index (χ1n) is 8.19. The molecular weight excluding hydrogens is 328 g/mol. The number of aromatic nitrogens is 3. The fourth-order valence-electron chi connectivity index (χ4n) is 2.67. The first kappa shape index (κ1) is 17.0. The Morgan fingerprint density at radius 2 is 2.33 bits per heavy atom. The molecular formula is C16H22N4O3S. The number of rotatable bonds is 8. The summed E-state index contributed by atoms with van der Waals surface area (Å²) in [5, 5.41) is 9.34. The van der Waals surface area contributed by atoms with Gasteiger partial charge in [0.15, 0.2) is 5.16 Å². The third-order valence-electron chi connectivity index (χ3n) is 3.95. The van der Waals surface area contributed by atoms with Gasteiger partial charge in [-0.2, -0.15) is 0 Å². The first-order valence-corrected chi connectivity index (χ1v) is 9.18. The number of ether oxygens (including phenoxy) is 1. The Morgan fingerprint density at radius 1 is 1.42 bits per heavy atom. The van der Waals surface area contributed by atoms with Crippen molar-refractivity contribution >= 4 is 17.7 Å². The van der Waals surface area contributed by atoms with Crippen LogP contribution in [-0.2, 0) is 22.5 Å². The molecule has 0 spiro atoms. The molecule has 7 nitrogen and oxygen atoms in total. The summed E-state index contributed by atoms with van der Waals surface area (Å²) in [6.07, 6.45) is 6.10. The van der Waals surface area contributed by atoms with Crippen LogP contribution in [0.25, 0.3) is 0 Å². The third kappa shape index (κ3) is 4.61. The normalized spacial score (nSPS) is 17.9. The molecule has 0 unspecified atom stereocenters. The van der Waals surface area contributed by atoms with Gasteiger partial charge in [0.25, 0.3) is 0 Å². The van der Waals surface area contributed by atoms with Gasteiger partial charge in [-0.15, -0.1) is 10.2 Å². The molecule has 1 saturated heterocycles. The third-order valence-corrected chi connectivity index (χ3v) is 5.05. The molecule has 130 valence electrons. The van der Waals surface area contributed by atoms with Crippen LogP contribution in [0.15, 0.2) is 28.0 Å². The lowest BCUT2D eigenvalue weighted by Gasteiger charge is -2.21. The van der Waals surface area contributed by atoms with Gasteiger partial charge in [0.05, 0.1) is 18.9 Å². The van der Waals surface area contributed by atoms with Crippen molar-refractivity contribution in [2.45, 2.75) is 49.9 Å². The van der Waals surface area contributed by atoms with E-state index in [4.69, 9.17) is 14.9 Å². The fraction of sp³-hybridized carbons (Fsp3) is 0.562. The van der Waals surface area contributed by atoms with E-state index in [1.807, 2.05) is 16.7 Å². The van der Waals surface area contributed by atoms with E-state index in [0.29, 0.717) is 13.0 Å². The summed E-state index contributed by atoms with van der Waals surface area (Å²) < 4.78 is 13.2. The van der Waals surface area contributed by atoms with Gasteiger partial charge in [-0.25, -0.2) is 0 Å². The molecule has 0 saturated carbocycles. The Labute approximate surface area is 144 Å². The van der Waals surface area contributed by atoms with E-state index in [2.05, 4.69) is 10.2 Å². The molecule has 8 heteroatoms. The summed E-state index contributed by atoms with van der Waals surface area (Å²) in [6.45, 7) is 1.39. The molecule has 0 radical (unpaired) electrons. The number of hydrogen-bond acceptors (Lipinski definition) is 6. The predicted octanol–water partition coefficient (Wildman–Crippen LogP) is 2.00. The van der Waals surface area contributed by atoms with Gasteiger partial charge in [0, 0.05) is 25.2 Å². The van der Waals surface area contributed by atoms with Crippen molar-refractivity contribution in [3.05, 3.63) is 30.0 Å². The SMILES string of the molecule is NC(=O)CCc1nnc(SC[C@@H]2CCCCO2)n1Cc1ccco1. The first-order chi connectivity index (χ1) is 11.7. The highest BCUT2D eigenvalue weighted by Gasteiger charge is 2.19. The number of thioether (sulfide) groups is 1. The van der Waals surface area contributed by atoms with Crippen LogP contribution >= 0.6 is 11.8 Å². The number of furan rings is 1. The topological polar surface area (TPSA) is 96.2 Å². The Morgan fingerprint density at radius 3 is 3.04 bits per heavy atom. The van der Waals surface area contributed by atoms with Gasteiger partial charge in [-0.1, -0.05) is 11.8 Å². The Balaban J connectivity index is 1.70. The van der Waals surface area contributed by atoms with E-state index in [1.165, 1.54) is 6.42 Å². The lowest BCUT2D eigenvalue weighted by atomic mass is 10.1. The maximum Gasteiger partial charge on any atom is 0.217 e. The molecule has 2 aromatic heterocycles. The molecule has 0 aromatic carbocycles. The second-order valence-corrected chi connectivity index (χ2v) is 6.82. The summed E-state index contributed by atoms with van der Waals surface area (Å²) in [5.41, 5.74) is 5.25. The quantitative estimate of drug-likeness (QED) is 0.732. The van der Waals surface area contributed by atoms with Crippen LogP contribution < -0.4 is 5.73 Å². The van der Waals surface area contributed by atoms with E-state index >= 15 is 0 Å². The molecule has 1 aliphatic heterocycles. The standard InChI is InChI=1S/C16H22N4O3S/c17-14(21)6-7-15-18-19-16(20(15)10-12-5-3-9-22-12)24-11-13-4-1-2-8-23-13/h3,5,9,13H,1-2,4,6-8,10-11H2,(H2,17,21)/t13-/m0/s1. The average molecular weight is 350 g/mol. The van der Waals surface area contributed by atoms with Crippen LogP contribution in [0.2, 0.25) is 0 Å². The van der Waals surface area contributed by atoms with E-state index < -0.39 is 0 Å². The minimum absolute atomic E-state index is 0.257. The number of aryl methyl sites for hydroxylation is 1. The number of hydrogen-bond donors (Lipinski definition) is 1. The highest BCUT2D eigenvalue weighted by molar-refractivity contribution is 7.99. The van der Waals surface area contributed by atoms with Crippen molar-refractivity contribution in [1.82, 2.24) is 14.8 Å². The molecule has 1 aliphatic rings. The maximum absolute atomic E-state index is 11.1. The molecule has 3 heterocycles. The second-order valence-electron chi connectivity index (χ2n) is 5.83. The van der Waals surface area contributed by atoms with Crippen molar-refractivity contribution in [3.63, 3.8) is 0 Å². The highest BCUT2D eigenvalue weighted by Crippen LogP contribution is 2.24.